The number of aliphatic carboxylic acids is 1. The molecule has 0 saturated carbocycles. The molecule has 0 spiro atoms. The van der Waals surface area contributed by atoms with E-state index in [0.29, 0.717) is 0 Å². The zero-order chi connectivity index (χ0) is 9.78. The van der Waals surface area contributed by atoms with Crippen LogP contribution in [0.5, 0.6) is 0 Å². The van der Waals surface area contributed by atoms with Gasteiger partial charge < -0.3 is 19.7 Å². The van der Waals surface area contributed by atoms with Gasteiger partial charge in [-0.05, 0) is 6.92 Å². The number of hydrogen-bond donors (Lipinski definition) is 2. The molecule has 5 nitrogen and oxygen atoms in total. The van der Waals surface area contributed by atoms with Crippen LogP contribution in [0, 0.1) is 0 Å². The summed E-state index contributed by atoms with van der Waals surface area (Å²) in [5, 5.41) is 17.8. The van der Waals surface area contributed by atoms with Crippen LogP contribution in [0.15, 0.2) is 0 Å². The van der Waals surface area contributed by atoms with Gasteiger partial charge in [-0.1, -0.05) is 0 Å². The van der Waals surface area contributed by atoms with Crippen molar-refractivity contribution in [2.24, 2.45) is 0 Å². The Morgan fingerprint density at radius 2 is 1.92 bits per heavy atom. The Balaban J connectivity index is 4.12. The molecule has 0 aromatic carbocycles. The summed E-state index contributed by atoms with van der Waals surface area (Å²) in [5.74, 6) is -1.29. The number of methoxy groups -OCH3 is 2. The molecule has 5 heteroatoms. The van der Waals surface area contributed by atoms with Crippen molar-refractivity contribution in [3.63, 3.8) is 0 Å². The first-order chi connectivity index (χ1) is 5.44. The molecule has 1 atom stereocenters. The summed E-state index contributed by atoms with van der Waals surface area (Å²) < 4.78 is 9.48. The number of aliphatic hydroxyl groups is 1. The predicted octanol–water partition coefficient (Wildman–Crippen LogP) is -0.169. The lowest BCUT2D eigenvalue weighted by atomic mass is 10.0. The van der Waals surface area contributed by atoms with Gasteiger partial charge in [-0.15, -0.1) is 0 Å². The molecule has 72 valence electrons. The third-order valence-corrected chi connectivity index (χ3v) is 1.55. The van der Waals surface area contributed by atoms with E-state index in [-0.39, 0.29) is 6.42 Å². The Hall–Kier alpha value is -0.650. The number of ether oxygens (including phenoxy) is 2. The zero-order valence-electron chi connectivity index (χ0n) is 7.40. The highest BCUT2D eigenvalue weighted by Gasteiger charge is 2.33. The van der Waals surface area contributed by atoms with E-state index < -0.39 is 17.9 Å². The molecule has 0 aromatic heterocycles. The Bertz CT molecular complexity index is 150. The minimum Gasteiger partial charge on any atom is -0.479 e. The molecule has 0 rings (SSSR count). The van der Waals surface area contributed by atoms with Crippen molar-refractivity contribution in [2.45, 2.75) is 25.2 Å². The van der Waals surface area contributed by atoms with E-state index in [1.807, 2.05) is 0 Å². The second-order valence-corrected chi connectivity index (χ2v) is 2.68. The molecule has 0 heterocycles. The molecule has 0 bridgehead atoms. The number of carboxylic acids is 1. The molecule has 1 unspecified atom stereocenters. The second-order valence-electron chi connectivity index (χ2n) is 2.68. The lowest BCUT2D eigenvalue weighted by Crippen LogP contribution is -2.39. The lowest BCUT2D eigenvalue weighted by molar-refractivity contribution is -0.174. The SMILES string of the molecule is COC(CC(C)(O)C(=O)O)OC. The highest BCUT2D eigenvalue weighted by Crippen LogP contribution is 2.14. The van der Waals surface area contributed by atoms with Gasteiger partial charge in [-0.2, -0.15) is 0 Å². The van der Waals surface area contributed by atoms with Gasteiger partial charge in [-0.25, -0.2) is 4.79 Å². The Labute approximate surface area is 70.9 Å². The van der Waals surface area contributed by atoms with Crippen LogP contribution < -0.4 is 0 Å². The van der Waals surface area contributed by atoms with Gasteiger partial charge in [0.05, 0.1) is 0 Å². The lowest BCUT2D eigenvalue weighted by Gasteiger charge is -2.22. The van der Waals surface area contributed by atoms with Gasteiger partial charge >= 0.3 is 5.97 Å². The van der Waals surface area contributed by atoms with E-state index in [0.717, 1.165) is 0 Å². The number of carboxylic acid groups (broad SMARTS) is 1. The topological polar surface area (TPSA) is 76.0 Å². The molecule has 12 heavy (non-hydrogen) atoms. The van der Waals surface area contributed by atoms with Crippen LogP contribution in [0.4, 0.5) is 0 Å². The van der Waals surface area contributed by atoms with E-state index in [2.05, 4.69) is 0 Å². The Kier molecular flexibility index (Phi) is 4.16. The minimum atomic E-state index is -1.81. The summed E-state index contributed by atoms with van der Waals surface area (Å²) >= 11 is 0. The fourth-order valence-corrected chi connectivity index (χ4v) is 0.675. The summed E-state index contributed by atoms with van der Waals surface area (Å²) in [6.07, 6.45) is -0.800. The molecular weight excluding hydrogens is 164 g/mol. The third kappa shape index (κ3) is 3.17. The number of hydrogen-bond acceptors (Lipinski definition) is 4. The van der Waals surface area contributed by atoms with Crippen LogP contribution in [0.1, 0.15) is 13.3 Å². The average Bonchev–Trinajstić information content (AvgIpc) is 2.00. The van der Waals surface area contributed by atoms with Crippen LogP contribution in [-0.2, 0) is 14.3 Å². The summed E-state index contributed by atoms with van der Waals surface area (Å²) in [4.78, 5) is 10.4. The molecule has 0 aliphatic carbocycles. The average molecular weight is 178 g/mol. The molecule has 0 amide bonds. The normalized spacial score (nSPS) is 16.1. The van der Waals surface area contributed by atoms with Crippen LogP contribution in [0.2, 0.25) is 0 Å². The fraction of sp³-hybridized carbons (Fsp3) is 0.857. The van der Waals surface area contributed by atoms with Crippen LogP contribution in [0.25, 0.3) is 0 Å². The first kappa shape index (κ1) is 11.4. The number of carbonyl (C=O) groups is 1. The molecular formula is C7H14O5. The maximum absolute atomic E-state index is 10.4. The van der Waals surface area contributed by atoms with Crippen molar-refractivity contribution in [3.8, 4) is 0 Å². The summed E-state index contributed by atoms with van der Waals surface area (Å²) in [6.45, 7) is 1.19. The zero-order valence-corrected chi connectivity index (χ0v) is 7.40. The smallest absolute Gasteiger partial charge is 0.335 e. The first-order valence-corrected chi connectivity index (χ1v) is 3.45. The van der Waals surface area contributed by atoms with Crippen molar-refractivity contribution in [1.29, 1.82) is 0 Å². The quantitative estimate of drug-likeness (QED) is 0.572. The molecule has 0 aliphatic rings. The molecule has 0 fully saturated rings. The molecule has 0 aromatic rings. The largest absolute Gasteiger partial charge is 0.479 e. The van der Waals surface area contributed by atoms with E-state index >= 15 is 0 Å². The van der Waals surface area contributed by atoms with Crippen molar-refractivity contribution in [1.82, 2.24) is 0 Å². The number of rotatable bonds is 5. The predicted molar refractivity (Wildman–Crippen MR) is 40.7 cm³/mol. The van der Waals surface area contributed by atoms with E-state index in [9.17, 15) is 9.90 Å². The summed E-state index contributed by atoms with van der Waals surface area (Å²) in [6, 6.07) is 0. The van der Waals surface area contributed by atoms with Crippen molar-refractivity contribution >= 4 is 5.97 Å². The molecule has 0 radical (unpaired) electrons. The van der Waals surface area contributed by atoms with Crippen molar-refractivity contribution < 1.29 is 24.5 Å². The van der Waals surface area contributed by atoms with Gasteiger partial charge in [0, 0.05) is 20.6 Å². The monoisotopic (exact) mass is 178 g/mol. The van der Waals surface area contributed by atoms with Gasteiger partial charge in [0.1, 0.15) is 0 Å². The van der Waals surface area contributed by atoms with Gasteiger partial charge in [0.2, 0.25) is 0 Å². The summed E-state index contributed by atoms with van der Waals surface area (Å²) in [5.41, 5.74) is -1.81. The second kappa shape index (κ2) is 4.39. The molecule has 2 N–H and O–H groups in total. The van der Waals surface area contributed by atoms with Gasteiger partial charge in [0.15, 0.2) is 11.9 Å². The van der Waals surface area contributed by atoms with Crippen molar-refractivity contribution in [2.75, 3.05) is 14.2 Å². The van der Waals surface area contributed by atoms with Gasteiger partial charge in [0.25, 0.3) is 0 Å². The van der Waals surface area contributed by atoms with Crippen LogP contribution >= 0.6 is 0 Å². The van der Waals surface area contributed by atoms with Crippen LogP contribution in [0.3, 0.4) is 0 Å². The van der Waals surface area contributed by atoms with E-state index in [1.54, 1.807) is 0 Å². The maximum atomic E-state index is 10.4. The summed E-state index contributed by atoms with van der Waals surface area (Å²) in [7, 11) is 2.76. The Morgan fingerprint density at radius 1 is 1.50 bits per heavy atom. The maximum Gasteiger partial charge on any atom is 0.335 e. The first-order valence-electron chi connectivity index (χ1n) is 3.45. The fourth-order valence-electron chi connectivity index (χ4n) is 0.675. The van der Waals surface area contributed by atoms with E-state index in [1.165, 1.54) is 21.1 Å². The van der Waals surface area contributed by atoms with Crippen LogP contribution in [-0.4, -0.2) is 42.3 Å². The van der Waals surface area contributed by atoms with Crippen molar-refractivity contribution in [3.05, 3.63) is 0 Å². The Morgan fingerprint density at radius 3 is 2.17 bits per heavy atom. The van der Waals surface area contributed by atoms with E-state index in [4.69, 9.17) is 14.6 Å². The standard InChI is InChI=1S/C7H14O5/c1-7(10,6(8)9)4-5(11-2)12-3/h5,10H,4H2,1-3H3,(H,8,9). The van der Waals surface area contributed by atoms with Gasteiger partial charge in [-0.3, -0.25) is 0 Å². The third-order valence-electron chi connectivity index (χ3n) is 1.55. The minimum absolute atomic E-state index is 0.102. The molecule has 0 saturated heterocycles. The highest BCUT2D eigenvalue weighted by atomic mass is 16.7. The highest BCUT2D eigenvalue weighted by molar-refractivity contribution is 5.76. The molecule has 0 aliphatic heterocycles.